The van der Waals surface area contributed by atoms with Gasteiger partial charge in [-0.05, 0) is 37.5 Å². The van der Waals surface area contributed by atoms with Crippen LogP contribution in [0.15, 0.2) is 18.2 Å². The first-order valence-electron chi connectivity index (χ1n) is 9.17. The minimum atomic E-state index is -0.624. The molecule has 0 aromatic heterocycles. The Labute approximate surface area is 156 Å². The van der Waals surface area contributed by atoms with E-state index in [1.54, 1.807) is 13.0 Å². The number of aryl methyl sites for hydroxylation is 1. The number of benzene rings is 2. The van der Waals surface area contributed by atoms with Gasteiger partial charge in [-0.1, -0.05) is 19.3 Å². The number of aromatic hydroxyl groups is 3. The second-order valence-electron chi connectivity index (χ2n) is 7.38. The third kappa shape index (κ3) is 2.72. The number of hydrogen-bond donors (Lipinski definition) is 4. The second kappa shape index (κ2) is 6.30. The molecule has 2 aromatic carbocycles. The fourth-order valence-electron chi connectivity index (χ4n) is 4.15. The lowest BCUT2D eigenvalue weighted by Crippen LogP contribution is -2.27. The summed E-state index contributed by atoms with van der Waals surface area (Å²) in [5, 5.41) is 34.1. The summed E-state index contributed by atoms with van der Waals surface area (Å²) in [6.45, 7) is 1.72. The maximum Gasteiger partial charge on any atom is 0.202 e. The summed E-state index contributed by atoms with van der Waals surface area (Å²) >= 11 is 0. The normalized spacial score (nSPS) is 16.8. The van der Waals surface area contributed by atoms with Crippen LogP contribution in [0.2, 0.25) is 0 Å². The molecule has 140 valence electrons. The standard InChI is InChI=1S/C21H21NO5/c1-10-7-12-16(13(23)8-10)21(27)17-14(24)9-15(25)19(18(17)20(12)26)22-11-5-3-2-4-6-11/h7-9,11,22-25H,2-6H2,1H3. The second-order valence-corrected chi connectivity index (χ2v) is 7.38. The third-order valence-corrected chi connectivity index (χ3v) is 5.43. The molecule has 0 aliphatic heterocycles. The molecule has 0 radical (unpaired) electrons. The summed E-state index contributed by atoms with van der Waals surface area (Å²) in [6.07, 6.45) is 5.09. The van der Waals surface area contributed by atoms with Crippen LogP contribution in [-0.4, -0.2) is 32.9 Å². The average Bonchev–Trinajstić information content (AvgIpc) is 2.62. The molecule has 0 heterocycles. The highest BCUT2D eigenvalue weighted by molar-refractivity contribution is 6.32. The van der Waals surface area contributed by atoms with Gasteiger partial charge in [0, 0.05) is 17.7 Å². The number of anilines is 1. The van der Waals surface area contributed by atoms with E-state index in [4.69, 9.17) is 0 Å². The van der Waals surface area contributed by atoms with Crippen LogP contribution in [-0.2, 0) is 0 Å². The molecular weight excluding hydrogens is 346 g/mol. The summed E-state index contributed by atoms with van der Waals surface area (Å²) in [5.74, 6) is -2.15. The van der Waals surface area contributed by atoms with E-state index in [2.05, 4.69) is 5.32 Å². The smallest absolute Gasteiger partial charge is 0.202 e. The lowest BCUT2D eigenvalue weighted by molar-refractivity contribution is 0.0974. The van der Waals surface area contributed by atoms with Crippen molar-refractivity contribution in [1.29, 1.82) is 0 Å². The highest BCUT2D eigenvalue weighted by Crippen LogP contribution is 2.44. The zero-order valence-corrected chi connectivity index (χ0v) is 15.0. The molecule has 0 atom stereocenters. The minimum Gasteiger partial charge on any atom is -0.507 e. The number of rotatable bonds is 2. The molecule has 0 unspecified atom stereocenters. The van der Waals surface area contributed by atoms with Crippen molar-refractivity contribution < 1.29 is 24.9 Å². The molecule has 0 spiro atoms. The van der Waals surface area contributed by atoms with Gasteiger partial charge in [-0.3, -0.25) is 9.59 Å². The van der Waals surface area contributed by atoms with Crippen LogP contribution >= 0.6 is 0 Å². The minimum absolute atomic E-state index is 0.0272. The van der Waals surface area contributed by atoms with Crippen LogP contribution in [0.25, 0.3) is 0 Å². The van der Waals surface area contributed by atoms with Gasteiger partial charge in [0.15, 0.2) is 5.78 Å². The van der Waals surface area contributed by atoms with E-state index < -0.39 is 17.3 Å². The van der Waals surface area contributed by atoms with E-state index in [1.807, 2.05) is 0 Å². The topological polar surface area (TPSA) is 107 Å². The zero-order valence-electron chi connectivity index (χ0n) is 15.0. The number of hydrogen-bond acceptors (Lipinski definition) is 6. The van der Waals surface area contributed by atoms with Gasteiger partial charge in [-0.15, -0.1) is 0 Å². The summed E-state index contributed by atoms with van der Waals surface area (Å²) in [6, 6.07) is 4.12. The van der Waals surface area contributed by atoms with Gasteiger partial charge in [0.1, 0.15) is 17.2 Å². The molecule has 27 heavy (non-hydrogen) atoms. The monoisotopic (exact) mass is 367 g/mol. The molecule has 4 N–H and O–H groups in total. The van der Waals surface area contributed by atoms with E-state index in [0.29, 0.717) is 5.56 Å². The van der Waals surface area contributed by atoms with E-state index in [0.717, 1.165) is 38.2 Å². The Bertz CT molecular complexity index is 973. The summed E-state index contributed by atoms with van der Waals surface area (Å²) in [7, 11) is 0. The molecule has 2 aromatic rings. The Morgan fingerprint density at radius 2 is 1.48 bits per heavy atom. The third-order valence-electron chi connectivity index (χ3n) is 5.43. The number of ketones is 2. The van der Waals surface area contributed by atoms with Gasteiger partial charge in [0.25, 0.3) is 0 Å². The molecule has 0 amide bonds. The Hall–Kier alpha value is -3.02. The van der Waals surface area contributed by atoms with Crippen LogP contribution in [0.5, 0.6) is 17.2 Å². The maximum absolute atomic E-state index is 13.2. The van der Waals surface area contributed by atoms with Crippen LogP contribution in [0, 0.1) is 6.92 Å². The van der Waals surface area contributed by atoms with E-state index in [-0.39, 0.29) is 45.5 Å². The predicted octanol–water partition coefficient (Wildman–Crippen LogP) is 3.63. The quantitative estimate of drug-likeness (QED) is 0.407. The van der Waals surface area contributed by atoms with Crippen molar-refractivity contribution in [2.75, 3.05) is 5.32 Å². The molecule has 2 aliphatic rings. The molecule has 6 heteroatoms. The molecule has 1 saturated carbocycles. The van der Waals surface area contributed by atoms with Crippen LogP contribution in [0.1, 0.15) is 69.5 Å². The Morgan fingerprint density at radius 1 is 0.815 bits per heavy atom. The number of phenolic OH excluding ortho intramolecular Hbond substituents is 3. The summed E-state index contributed by atoms with van der Waals surface area (Å²) in [5.41, 5.74) is 0.592. The van der Waals surface area contributed by atoms with Crippen molar-refractivity contribution in [2.24, 2.45) is 0 Å². The highest BCUT2D eigenvalue weighted by atomic mass is 16.3. The van der Waals surface area contributed by atoms with Gasteiger partial charge in [0.2, 0.25) is 5.78 Å². The first-order valence-corrected chi connectivity index (χ1v) is 9.17. The first-order chi connectivity index (χ1) is 12.9. The Kier molecular flexibility index (Phi) is 4.06. The van der Waals surface area contributed by atoms with Crippen molar-refractivity contribution in [3.05, 3.63) is 46.0 Å². The zero-order chi connectivity index (χ0) is 19.3. The van der Waals surface area contributed by atoms with Crippen molar-refractivity contribution in [3.8, 4) is 17.2 Å². The van der Waals surface area contributed by atoms with Crippen LogP contribution in [0.3, 0.4) is 0 Å². The van der Waals surface area contributed by atoms with E-state index in [1.165, 1.54) is 6.07 Å². The predicted molar refractivity (Wildman–Crippen MR) is 100.0 cm³/mol. The van der Waals surface area contributed by atoms with Crippen molar-refractivity contribution >= 4 is 17.3 Å². The number of nitrogens with one attached hydrogen (secondary N) is 1. The molecule has 6 nitrogen and oxygen atoms in total. The molecule has 0 bridgehead atoms. The van der Waals surface area contributed by atoms with Gasteiger partial charge < -0.3 is 20.6 Å². The molecular formula is C21H21NO5. The van der Waals surface area contributed by atoms with Crippen LogP contribution < -0.4 is 5.32 Å². The van der Waals surface area contributed by atoms with E-state index in [9.17, 15) is 24.9 Å². The maximum atomic E-state index is 13.2. The number of phenols is 3. The average molecular weight is 367 g/mol. The molecule has 1 fully saturated rings. The summed E-state index contributed by atoms with van der Waals surface area (Å²) in [4.78, 5) is 26.2. The van der Waals surface area contributed by atoms with Gasteiger partial charge in [-0.25, -0.2) is 0 Å². The summed E-state index contributed by atoms with van der Waals surface area (Å²) < 4.78 is 0. The van der Waals surface area contributed by atoms with Crippen molar-refractivity contribution in [2.45, 2.75) is 45.1 Å². The first kappa shape index (κ1) is 17.4. The van der Waals surface area contributed by atoms with Gasteiger partial charge in [0.05, 0.1) is 22.4 Å². The Balaban J connectivity index is 1.91. The number of fused-ring (bicyclic) bond motifs is 2. The Morgan fingerprint density at radius 3 is 2.19 bits per heavy atom. The number of carbonyl (C=O) groups excluding carboxylic acids is 2. The van der Waals surface area contributed by atoms with Crippen molar-refractivity contribution in [1.82, 2.24) is 0 Å². The molecule has 0 saturated heterocycles. The van der Waals surface area contributed by atoms with Gasteiger partial charge in [-0.2, -0.15) is 0 Å². The molecule has 4 rings (SSSR count). The van der Waals surface area contributed by atoms with Gasteiger partial charge >= 0.3 is 0 Å². The highest BCUT2D eigenvalue weighted by Gasteiger charge is 2.38. The lowest BCUT2D eigenvalue weighted by Gasteiger charge is -2.28. The number of carbonyl (C=O) groups is 2. The van der Waals surface area contributed by atoms with E-state index >= 15 is 0 Å². The largest absolute Gasteiger partial charge is 0.507 e. The van der Waals surface area contributed by atoms with Crippen LogP contribution in [0.4, 0.5) is 5.69 Å². The fourth-order valence-corrected chi connectivity index (χ4v) is 4.15. The van der Waals surface area contributed by atoms with Crippen molar-refractivity contribution in [3.63, 3.8) is 0 Å². The molecule has 2 aliphatic carbocycles. The fraction of sp³-hybridized carbons (Fsp3) is 0.333. The SMILES string of the molecule is Cc1cc(O)c2c(c1)C(=O)c1c(NC3CCCCC3)c(O)cc(O)c1C2=O. The lowest BCUT2D eigenvalue weighted by atomic mass is 9.81.